The maximum atomic E-state index is 5.28. The topological polar surface area (TPSA) is 9.23 Å². The van der Waals surface area contributed by atoms with Crippen molar-refractivity contribution in [3.8, 4) is 0 Å². The van der Waals surface area contributed by atoms with Crippen LogP contribution in [0.4, 0.5) is 0 Å². The number of unbranched alkanes of at least 4 members (excludes halogenated alkanes) is 1. The molecule has 0 aromatic carbocycles. The second-order valence-electron chi connectivity index (χ2n) is 3.69. The van der Waals surface area contributed by atoms with Crippen molar-refractivity contribution in [2.24, 2.45) is 0 Å². The third-order valence-corrected chi connectivity index (χ3v) is 2.41. The number of nitrogens with zero attached hydrogens (tertiary/aromatic N) is 1. The summed E-state index contributed by atoms with van der Waals surface area (Å²) in [6.45, 7) is 5.54. The molecule has 0 aromatic heterocycles. The first kappa shape index (κ1) is 10.9. The van der Waals surface area contributed by atoms with Crippen LogP contribution in [0.25, 0.3) is 0 Å². The predicted molar refractivity (Wildman–Crippen MR) is 48.4 cm³/mol. The molecule has 0 aliphatic heterocycles. The highest BCUT2D eigenvalue weighted by atomic mass is 16.5. The van der Waals surface area contributed by atoms with Crippen molar-refractivity contribution in [1.82, 2.24) is 0 Å². The number of methoxy groups -OCH3 is 1. The maximum absolute atomic E-state index is 5.28. The Balaban J connectivity index is 3.77. The van der Waals surface area contributed by atoms with Crippen LogP contribution in [0.15, 0.2) is 0 Å². The molecule has 0 N–H and O–H groups in total. The van der Waals surface area contributed by atoms with Gasteiger partial charge in [0.1, 0.15) is 0 Å². The molecule has 68 valence electrons. The minimum atomic E-state index is 0.307. The quantitative estimate of drug-likeness (QED) is 0.440. The highest BCUT2D eigenvalue weighted by Crippen LogP contribution is 2.08. The van der Waals surface area contributed by atoms with Crippen molar-refractivity contribution in [2.45, 2.75) is 32.9 Å². The highest BCUT2D eigenvalue weighted by molar-refractivity contribution is 4.36. The summed E-state index contributed by atoms with van der Waals surface area (Å²) in [7, 11) is 6.20. The fraction of sp³-hybridized carbons (Fsp3) is 1.00. The van der Waals surface area contributed by atoms with E-state index in [2.05, 4.69) is 27.9 Å². The summed E-state index contributed by atoms with van der Waals surface area (Å²) < 4.78 is 6.25. The van der Waals surface area contributed by atoms with E-state index >= 15 is 0 Å². The van der Waals surface area contributed by atoms with Crippen LogP contribution in [-0.2, 0) is 4.74 Å². The van der Waals surface area contributed by atoms with E-state index in [9.17, 15) is 0 Å². The van der Waals surface area contributed by atoms with Crippen LogP contribution < -0.4 is 0 Å². The Morgan fingerprint density at radius 2 is 1.91 bits per heavy atom. The smallest absolute Gasteiger partial charge is 0.189 e. The van der Waals surface area contributed by atoms with Crippen molar-refractivity contribution in [2.75, 3.05) is 27.7 Å². The average molecular weight is 160 g/mol. The molecule has 0 bridgehead atoms. The highest BCUT2D eigenvalue weighted by Gasteiger charge is 2.21. The molecule has 0 rings (SSSR count). The monoisotopic (exact) mass is 160 g/mol. The Bertz CT molecular complexity index is 102. The zero-order valence-electron chi connectivity index (χ0n) is 8.55. The lowest BCUT2D eigenvalue weighted by molar-refractivity contribution is -0.935. The van der Waals surface area contributed by atoms with Gasteiger partial charge in [0.15, 0.2) is 6.23 Å². The van der Waals surface area contributed by atoms with Crippen molar-refractivity contribution in [1.29, 1.82) is 0 Å². The van der Waals surface area contributed by atoms with E-state index in [0.717, 1.165) is 4.48 Å². The molecular formula is C9H22NO+. The van der Waals surface area contributed by atoms with Crippen molar-refractivity contribution in [3.05, 3.63) is 0 Å². The molecule has 0 spiro atoms. The van der Waals surface area contributed by atoms with Gasteiger partial charge in [-0.1, -0.05) is 13.3 Å². The van der Waals surface area contributed by atoms with Gasteiger partial charge in [-0.2, -0.15) is 0 Å². The van der Waals surface area contributed by atoms with Gasteiger partial charge in [-0.05, 0) is 6.42 Å². The molecule has 2 heteroatoms. The fourth-order valence-electron chi connectivity index (χ4n) is 1.03. The third kappa shape index (κ3) is 3.73. The molecular weight excluding hydrogens is 138 g/mol. The lowest BCUT2D eigenvalue weighted by Crippen LogP contribution is -2.48. The Kier molecular flexibility index (Phi) is 4.69. The number of ether oxygens (including phenoxy) is 1. The first-order valence-corrected chi connectivity index (χ1v) is 4.40. The number of hydrogen-bond acceptors (Lipinski definition) is 1. The van der Waals surface area contributed by atoms with Gasteiger partial charge in [-0.25, -0.2) is 0 Å². The summed E-state index contributed by atoms with van der Waals surface area (Å²) in [5.74, 6) is 0. The number of rotatable bonds is 5. The second-order valence-corrected chi connectivity index (χ2v) is 3.69. The molecule has 0 aliphatic carbocycles. The minimum Gasteiger partial charge on any atom is -0.333 e. The molecule has 1 atom stereocenters. The summed E-state index contributed by atoms with van der Waals surface area (Å²) in [6, 6.07) is 0. The second kappa shape index (κ2) is 4.73. The molecule has 0 heterocycles. The van der Waals surface area contributed by atoms with Gasteiger partial charge in [-0.15, -0.1) is 0 Å². The van der Waals surface area contributed by atoms with Gasteiger partial charge in [-0.3, -0.25) is 0 Å². The fourth-order valence-corrected chi connectivity index (χ4v) is 1.03. The third-order valence-electron chi connectivity index (χ3n) is 2.41. The Hall–Kier alpha value is -0.0800. The Morgan fingerprint density at radius 3 is 2.27 bits per heavy atom. The molecule has 0 amide bonds. The van der Waals surface area contributed by atoms with Gasteiger partial charge in [0.25, 0.3) is 0 Å². The van der Waals surface area contributed by atoms with E-state index < -0.39 is 0 Å². The van der Waals surface area contributed by atoms with Crippen molar-refractivity contribution >= 4 is 0 Å². The summed E-state index contributed by atoms with van der Waals surface area (Å²) in [6.07, 6.45) is 2.85. The normalized spacial score (nSPS) is 15.0. The summed E-state index contributed by atoms with van der Waals surface area (Å²) >= 11 is 0. The zero-order chi connectivity index (χ0) is 8.91. The molecule has 1 unspecified atom stereocenters. The van der Waals surface area contributed by atoms with Gasteiger partial charge >= 0.3 is 0 Å². The van der Waals surface area contributed by atoms with Crippen LogP contribution in [0.1, 0.15) is 26.7 Å². The molecule has 0 saturated heterocycles. The van der Waals surface area contributed by atoms with E-state index in [-0.39, 0.29) is 0 Å². The summed E-state index contributed by atoms with van der Waals surface area (Å²) in [5, 5.41) is 0. The van der Waals surface area contributed by atoms with E-state index in [1.807, 2.05) is 0 Å². The van der Waals surface area contributed by atoms with Crippen LogP contribution in [0.3, 0.4) is 0 Å². The van der Waals surface area contributed by atoms with E-state index in [0.29, 0.717) is 6.23 Å². The molecule has 0 saturated carbocycles. The first-order valence-electron chi connectivity index (χ1n) is 4.40. The van der Waals surface area contributed by atoms with E-state index in [1.165, 1.54) is 19.4 Å². The van der Waals surface area contributed by atoms with Crippen LogP contribution in [0, 0.1) is 0 Å². The lowest BCUT2D eigenvalue weighted by atomic mass is 10.3. The molecule has 0 aromatic rings. The average Bonchev–Trinajstić information content (AvgIpc) is 1.99. The number of hydrogen-bond donors (Lipinski definition) is 0. The Morgan fingerprint density at radius 1 is 1.36 bits per heavy atom. The standard InChI is InChI=1S/C9H22NO/c1-6-7-8-10(3,4)9(2)11-5/h9H,6-8H2,1-5H3/q+1. The SMILES string of the molecule is CCCC[N+](C)(C)C(C)OC. The van der Waals surface area contributed by atoms with Gasteiger partial charge < -0.3 is 9.22 Å². The van der Waals surface area contributed by atoms with Gasteiger partial charge in [0.2, 0.25) is 0 Å². The molecule has 2 nitrogen and oxygen atoms in total. The summed E-state index contributed by atoms with van der Waals surface area (Å²) in [4.78, 5) is 0. The van der Waals surface area contributed by atoms with Gasteiger partial charge in [0.05, 0.1) is 20.6 Å². The first-order chi connectivity index (χ1) is 5.04. The van der Waals surface area contributed by atoms with E-state index in [4.69, 9.17) is 4.74 Å². The number of quaternary nitrogens is 1. The van der Waals surface area contributed by atoms with Crippen LogP contribution in [0.5, 0.6) is 0 Å². The lowest BCUT2D eigenvalue weighted by Gasteiger charge is -2.34. The van der Waals surface area contributed by atoms with Crippen molar-refractivity contribution < 1.29 is 9.22 Å². The van der Waals surface area contributed by atoms with Crippen LogP contribution >= 0.6 is 0 Å². The largest absolute Gasteiger partial charge is 0.333 e. The predicted octanol–water partition coefficient (Wildman–Crippen LogP) is 1.86. The van der Waals surface area contributed by atoms with Crippen molar-refractivity contribution in [3.63, 3.8) is 0 Å². The summed E-state index contributed by atoms with van der Waals surface area (Å²) in [5.41, 5.74) is 0. The molecule has 0 fully saturated rings. The van der Waals surface area contributed by atoms with E-state index in [1.54, 1.807) is 7.11 Å². The van der Waals surface area contributed by atoms with Gasteiger partial charge in [0, 0.05) is 14.0 Å². The zero-order valence-corrected chi connectivity index (χ0v) is 8.55. The Labute approximate surface area is 70.7 Å². The maximum Gasteiger partial charge on any atom is 0.189 e. The van der Waals surface area contributed by atoms with Crippen LogP contribution in [-0.4, -0.2) is 38.5 Å². The molecule has 11 heavy (non-hydrogen) atoms. The minimum absolute atomic E-state index is 0.307. The molecule has 0 radical (unpaired) electrons. The van der Waals surface area contributed by atoms with Crippen LogP contribution in [0.2, 0.25) is 0 Å². The molecule has 0 aliphatic rings.